The van der Waals surface area contributed by atoms with Crippen LogP contribution in [-0.2, 0) is 6.54 Å². The van der Waals surface area contributed by atoms with E-state index in [9.17, 15) is 4.79 Å². The van der Waals surface area contributed by atoms with Gasteiger partial charge in [-0.15, -0.1) is 11.3 Å². The summed E-state index contributed by atoms with van der Waals surface area (Å²) < 4.78 is 2.23. The van der Waals surface area contributed by atoms with Crippen molar-refractivity contribution in [1.82, 2.24) is 14.5 Å². The molecule has 0 saturated heterocycles. The minimum absolute atomic E-state index is 0.116. The van der Waals surface area contributed by atoms with Gasteiger partial charge in [0.25, 0.3) is 5.91 Å². The van der Waals surface area contributed by atoms with Crippen LogP contribution in [0.2, 0.25) is 0 Å². The average Bonchev–Trinajstić information content (AvgIpc) is 3.05. The van der Waals surface area contributed by atoms with Gasteiger partial charge in [-0.05, 0) is 26.0 Å². The van der Waals surface area contributed by atoms with Gasteiger partial charge in [0.15, 0.2) is 0 Å². The third-order valence-electron chi connectivity index (χ3n) is 4.10. The van der Waals surface area contributed by atoms with Gasteiger partial charge in [-0.25, -0.2) is 4.98 Å². The smallest absolute Gasteiger partial charge is 0.266 e. The van der Waals surface area contributed by atoms with Crippen molar-refractivity contribution in [3.8, 4) is 0 Å². The van der Waals surface area contributed by atoms with Gasteiger partial charge in [0.05, 0.1) is 16.7 Å². The zero-order valence-corrected chi connectivity index (χ0v) is 13.8. The van der Waals surface area contributed by atoms with E-state index >= 15 is 0 Å². The van der Waals surface area contributed by atoms with Gasteiger partial charge in [-0.1, -0.05) is 13.8 Å². The maximum Gasteiger partial charge on any atom is 0.266 e. The van der Waals surface area contributed by atoms with Crippen LogP contribution < -0.4 is 0 Å². The lowest BCUT2D eigenvalue weighted by Crippen LogP contribution is -2.40. The number of nitrogens with zero attached hydrogens (tertiary/aromatic N) is 3. The molecule has 2 aromatic heterocycles. The first-order valence-corrected chi connectivity index (χ1v) is 8.24. The summed E-state index contributed by atoms with van der Waals surface area (Å²) in [7, 11) is 0. The van der Waals surface area contributed by atoms with Crippen molar-refractivity contribution in [2.45, 2.75) is 46.2 Å². The highest BCUT2D eigenvalue weighted by atomic mass is 32.1. The van der Waals surface area contributed by atoms with E-state index < -0.39 is 0 Å². The predicted octanol–water partition coefficient (Wildman–Crippen LogP) is 3.59. The van der Waals surface area contributed by atoms with Crippen LogP contribution >= 0.6 is 11.3 Å². The summed E-state index contributed by atoms with van der Waals surface area (Å²) >= 11 is 1.55. The van der Waals surface area contributed by atoms with Gasteiger partial charge in [0.1, 0.15) is 4.88 Å². The Bertz CT molecular complexity index is 671. The highest BCUT2D eigenvalue weighted by Gasteiger charge is 2.30. The third-order valence-corrected chi connectivity index (χ3v) is 5.55. The molecule has 0 aromatic carbocycles. The van der Waals surface area contributed by atoms with Crippen molar-refractivity contribution in [3.63, 3.8) is 0 Å². The summed E-state index contributed by atoms with van der Waals surface area (Å²) in [6.07, 6.45) is 2.09. The monoisotopic (exact) mass is 303 g/mol. The molecular weight excluding hydrogens is 282 g/mol. The maximum absolute atomic E-state index is 12.9. The van der Waals surface area contributed by atoms with Crippen LogP contribution in [0.5, 0.6) is 0 Å². The van der Waals surface area contributed by atoms with E-state index in [2.05, 4.69) is 48.7 Å². The largest absolute Gasteiger partial charge is 0.348 e. The molecule has 0 N–H and O–H groups in total. The zero-order valence-electron chi connectivity index (χ0n) is 13.0. The number of rotatable bonds is 2. The molecule has 0 bridgehead atoms. The van der Waals surface area contributed by atoms with E-state index in [1.807, 2.05) is 11.8 Å². The van der Waals surface area contributed by atoms with Crippen LogP contribution in [0.3, 0.4) is 0 Å². The number of carbonyl (C=O) groups is 1. The second kappa shape index (κ2) is 5.30. The fourth-order valence-electron chi connectivity index (χ4n) is 2.85. The van der Waals surface area contributed by atoms with E-state index in [1.165, 1.54) is 5.69 Å². The number of aromatic nitrogens is 2. The summed E-state index contributed by atoms with van der Waals surface area (Å²) in [5.41, 5.74) is 2.07. The first kappa shape index (κ1) is 14.3. The topological polar surface area (TPSA) is 38.1 Å². The molecule has 2 aromatic rings. The van der Waals surface area contributed by atoms with Gasteiger partial charge in [0.2, 0.25) is 0 Å². The minimum Gasteiger partial charge on any atom is -0.348 e. The number of hydrogen-bond acceptors (Lipinski definition) is 3. The van der Waals surface area contributed by atoms with Crippen molar-refractivity contribution in [2.24, 2.45) is 0 Å². The number of aryl methyl sites for hydroxylation is 1. The molecule has 3 heterocycles. The molecule has 1 aliphatic rings. The van der Waals surface area contributed by atoms with Crippen LogP contribution in [-0.4, -0.2) is 26.9 Å². The highest BCUT2D eigenvalue weighted by molar-refractivity contribution is 7.13. The molecule has 1 aliphatic heterocycles. The first-order chi connectivity index (χ1) is 9.99. The number of thiazole rings is 1. The molecule has 21 heavy (non-hydrogen) atoms. The molecule has 1 unspecified atom stereocenters. The molecule has 0 aliphatic carbocycles. The van der Waals surface area contributed by atoms with Crippen LogP contribution in [0.4, 0.5) is 0 Å². The number of amides is 1. The van der Waals surface area contributed by atoms with Crippen molar-refractivity contribution in [3.05, 3.63) is 39.6 Å². The summed E-state index contributed by atoms with van der Waals surface area (Å²) in [5, 5.41) is 1.05. The standard InChI is InChI=1S/C16H21N3OS/c1-10(2)15-17-11(3)14(21-15)16(20)19-9-8-18-7-5-6-13(18)12(19)4/h5-7,10,12H,8-9H2,1-4H3. The van der Waals surface area contributed by atoms with E-state index in [1.54, 1.807) is 11.3 Å². The van der Waals surface area contributed by atoms with E-state index in [0.29, 0.717) is 5.92 Å². The molecule has 0 radical (unpaired) electrons. The fraction of sp³-hybridized carbons (Fsp3) is 0.500. The number of carbonyl (C=O) groups excluding carboxylic acids is 1. The van der Waals surface area contributed by atoms with Crippen LogP contribution in [0.1, 0.15) is 58.8 Å². The fourth-order valence-corrected chi connectivity index (χ4v) is 3.87. The zero-order chi connectivity index (χ0) is 15.1. The normalized spacial score (nSPS) is 18.1. The Labute approximate surface area is 129 Å². The Morgan fingerprint density at radius 2 is 2.19 bits per heavy atom. The van der Waals surface area contributed by atoms with Crippen molar-refractivity contribution in [1.29, 1.82) is 0 Å². The summed E-state index contributed by atoms with van der Waals surface area (Å²) in [5.74, 6) is 0.489. The Hall–Kier alpha value is -1.62. The second-order valence-corrected chi connectivity index (χ2v) is 6.95. The molecule has 5 heteroatoms. The Morgan fingerprint density at radius 1 is 1.43 bits per heavy atom. The lowest BCUT2D eigenvalue weighted by atomic mass is 10.1. The number of hydrogen-bond donors (Lipinski definition) is 0. The van der Waals surface area contributed by atoms with E-state index in [0.717, 1.165) is 28.7 Å². The molecule has 4 nitrogen and oxygen atoms in total. The van der Waals surface area contributed by atoms with Gasteiger partial charge in [-0.3, -0.25) is 4.79 Å². The summed E-state index contributed by atoms with van der Waals surface area (Å²) in [6.45, 7) is 9.89. The SMILES string of the molecule is Cc1nc(C(C)C)sc1C(=O)N1CCn2cccc2C1C. The molecular formula is C16H21N3OS. The third kappa shape index (κ3) is 2.39. The predicted molar refractivity (Wildman–Crippen MR) is 84.8 cm³/mol. The van der Waals surface area contributed by atoms with Crippen LogP contribution in [0.25, 0.3) is 0 Å². The molecule has 0 spiro atoms. The molecule has 3 rings (SSSR count). The lowest BCUT2D eigenvalue weighted by molar-refractivity contribution is 0.0648. The molecule has 1 amide bonds. The van der Waals surface area contributed by atoms with Crippen molar-refractivity contribution < 1.29 is 4.79 Å². The maximum atomic E-state index is 12.9. The van der Waals surface area contributed by atoms with Gasteiger partial charge < -0.3 is 9.47 Å². The van der Waals surface area contributed by atoms with Crippen molar-refractivity contribution in [2.75, 3.05) is 6.54 Å². The lowest BCUT2D eigenvalue weighted by Gasteiger charge is -2.34. The highest BCUT2D eigenvalue weighted by Crippen LogP contribution is 2.31. The Morgan fingerprint density at radius 3 is 2.86 bits per heavy atom. The van der Waals surface area contributed by atoms with Crippen LogP contribution in [0, 0.1) is 6.92 Å². The molecule has 112 valence electrons. The summed E-state index contributed by atoms with van der Waals surface area (Å²) in [6, 6.07) is 4.27. The van der Waals surface area contributed by atoms with Crippen molar-refractivity contribution >= 4 is 17.2 Å². The van der Waals surface area contributed by atoms with Gasteiger partial charge in [-0.2, -0.15) is 0 Å². The number of fused-ring (bicyclic) bond motifs is 1. The second-order valence-electron chi connectivity index (χ2n) is 5.92. The van der Waals surface area contributed by atoms with Crippen LogP contribution in [0.15, 0.2) is 18.3 Å². The quantitative estimate of drug-likeness (QED) is 0.850. The van der Waals surface area contributed by atoms with Gasteiger partial charge in [0, 0.05) is 30.9 Å². The average molecular weight is 303 g/mol. The summed E-state index contributed by atoms with van der Waals surface area (Å²) in [4.78, 5) is 20.2. The first-order valence-electron chi connectivity index (χ1n) is 7.42. The minimum atomic E-state index is 0.116. The van der Waals surface area contributed by atoms with E-state index in [-0.39, 0.29) is 11.9 Å². The van der Waals surface area contributed by atoms with Gasteiger partial charge >= 0.3 is 0 Å². The Balaban J connectivity index is 1.89. The van der Waals surface area contributed by atoms with E-state index in [4.69, 9.17) is 0 Å². The Kier molecular flexibility index (Phi) is 3.61. The molecule has 1 atom stereocenters. The molecule has 0 fully saturated rings. The molecule has 0 saturated carbocycles.